The Morgan fingerprint density at radius 1 is 1.47 bits per heavy atom. The highest BCUT2D eigenvalue weighted by molar-refractivity contribution is 9.10. The fourth-order valence-corrected chi connectivity index (χ4v) is 1.98. The Kier molecular flexibility index (Phi) is 6.90. The van der Waals surface area contributed by atoms with Gasteiger partial charge in [-0.3, -0.25) is 0 Å². The van der Waals surface area contributed by atoms with E-state index in [9.17, 15) is 5.11 Å². The highest BCUT2D eigenvalue weighted by atomic mass is 79.9. The first-order chi connectivity index (χ1) is 7.51. The topological polar surface area (TPSA) is 55.5 Å². The molecule has 1 aromatic rings. The van der Waals surface area contributed by atoms with Gasteiger partial charge < -0.3 is 15.6 Å². The molecule has 0 radical (unpaired) electrons. The Morgan fingerprint density at radius 3 is 2.53 bits per heavy atom. The predicted octanol–water partition coefficient (Wildman–Crippen LogP) is 3.63. The van der Waals surface area contributed by atoms with E-state index in [0.717, 1.165) is 12.0 Å². The molecule has 0 fully saturated rings. The number of hydrogen-bond acceptors (Lipinski definition) is 3. The molecule has 98 valence electrons. The number of ether oxygens (including phenoxy) is 1. The van der Waals surface area contributed by atoms with E-state index in [1.807, 2.05) is 6.07 Å². The van der Waals surface area contributed by atoms with Crippen molar-refractivity contribution in [2.24, 2.45) is 11.7 Å². The molecule has 5 heteroatoms. The van der Waals surface area contributed by atoms with Gasteiger partial charge in [-0.15, -0.1) is 12.4 Å². The van der Waals surface area contributed by atoms with Crippen LogP contribution in [0.1, 0.15) is 31.9 Å². The van der Waals surface area contributed by atoms with Gasteiger partial charge in [0.25, 0.3) is 0 Å². The van der Waals surface area contributed by atoms with Crippen LogP contribution in [0.5, 0.6) is 11.5 Å². The molecule has 0 spiro atoms. The molecule has 1 unspecified atom stereocenters. The van der Waals surface area contributed by atoms with Gasteiger partial charge in [0, 0.05) is 6.04 Å². The van der Waals surface area contributed by atoms with Crippen LogP contribution in [0.3, 0.4) is 0 Å². The Bertz CT molecular complexity index is 374. The normalized spacial score (nSPS) is 13.7. The maximum Gasteiger partial charge on any atom is 0.172 e. The summed E-state index contributed by atoms with van der Waals surface area (Å²) in [5, 5.41) is 9.69. The molecule has 0 aromatic heterocycles. The molecule has 0 bridgehead atoms. The fraction of sp³-hybridized carbons (Fsp3) is 0.500. The SMILES string of the molecule is CCC(C)[C@@H](N)c1cc(Br)c(O)c(OC)c1.Cl. The van der Waals surface area contributed by atoms with Crippen LogP contribution in [0.25, 0.3) is 0 Å². The Hall–Kier alpha value is -0.450. The van der Waals surface area contributed by atoms with E-state index in [2.05, 4.69) is 29.8 Å². The number of nitrogens with two attached hydrogens (primary N) is 1. The van der Waals surface area contributed by atoms with Crippen molar-refractivity contribution in [2.45, 2.75) is 26.3 Å². The lowest BCUT2D eigenvalue weighted by atomic mass is 9.93. The van der Waals surface area contributed by atoms with Crippen molar-refractivity contribution in [3.05, 3.63) is 22.2 Å². The van der Waals surface area contributed by atoms with Gasteiger partial charge in [0.2, 0.25) is 0 Å². The molecule has 0 saturated heterocycles. The molecule has 0 aliphatic heterocycles. The summed E-state index contributed by atoms with van der Waals surface area (Å²) in [6, 6.07) is 3.58. The van der Waals surface area contributed by atoms with Crippen LogP contribution in [-0.2, 0) is 0 Å². The largest absolute Gasteiger partial charge is 0.503 e. The van der Waals surface area contributed by atoms with Gasteiger partial charge in [-0.25, -0.2) is 0 Å². The summed E-state index contributed by atoms with van der Waals surface area (Å²) < 4.78 is 5.71. The number of phenolic OH excluding ortho intramolecular Hbond substituents is 1. The Labute approximate surface area is 117 Å². The minimum Gasteiger partial charge on any atom is -0.503 e. The molecule has 0 aliphatic rings. The zero-order chi connectivity index (χ0) is 12.3. The summed E-state index contributed by atoms with van der Waals surface area (Å²) >= 11 is 3.29. The third kappa shape index (κ3) is 3.76. The van der Waals surface area contributed by atoms with E-state index in [1.165, 1.54) is 7.11 Å². The van der Waals surface area contributed by atoms with E-state index in [4.69, 9.17) is 10.5 Å². The van der Waals surface area contributed by atoms with Crippen molar-refractivity contribution in [1.29, 1.82) is 0 Å². The molecule has 17 heavy (non-hydrogen) atoms. The number of benzene rings is 1. The second-order valence-corrected chi connectivity index (χ2v) is 4.82. The molecular formula is C12H19BrClNO2. The Morgan fingerprint density at radius 2 is 2.06 bits per heavy atom. The van der Waals surface area contributed by atoms with Crippen LogP contribution in [0.2, 0.25) is 0 Å². The van der Waals surface area contributed by atoms with Gasteiger partial charge in [-0.2, -0.15) is 0 Å². The summed E-state index contributed by atoms with van der Waals surface area (Å²) in [6.07, 6.45) is 1.02. The van der Waals surface area contributed by atoms with Gasteiger partial charge in [-0.05, 0) is 39.5 Å². The quantitative estimate of drug-likeness (QED) is 0.889. The maximum atomic E-state index is 9.69. The number of aromatic hydroxyl groups is 1. The van der Waals surface area contributed by atoms with Gasteiger partial charge in [0.1, 0.15) is 0 Å². The van der Waals surface area contributed by atoms with Crippen LogP contribution >= 0.6 is 28.3 Å². The fourth-order valence-electron chi connectivity index (χ4n) is 1.52. The summed E-state index contributed by atoms with van der Waals surface area (Å²) in [5.41, 5.74) is 7.10. The molecule has 3 nitrogen and oxygen atoms in total. The van der Waals surface area contributed by atoms with Crippen LogP contribution < -0.4 is 10.5 Å². The molecule has 1 rings (SSSR count). The first-order valence-electron chi connectivity index (χ1n) is 5.33. The van der Waals surface area contributed by atoms with E-state index in [0.29, 0.717) is 16.1 Å². The van der Waals surface area contributed by atoms with Crippen molar-refractivity contribution in [3.8, 4) is 11.5 Å². The minimum atomic E-state index is -0.0456. The number of hydrogen-bond donors (Lipinski definition) is 2. The predicted molar refractivity (Wildman–Crippen MR) is 76.0 cm³/mol. The lowest BCUT2D eigenvalue weighted by Crippen LogP contribution is -2.18. The summed E-state index contributed by atoms with van der Waals surface area (Å²) in [4.78, 5) is 0. The van der Waals surface area contributed by atoms with Crippen LogP contribution in [0, 0.1) is 5.92 Å². The molecule has 2 atom stereocenters. The van der Waals surface area contributed by atoms with Crippen molar-refractivity contribution >= 4 is 28.3 Å². The minimum absolute atomic E-state index is 0. The molecule has 0 heterocycles. The number of halogens is 2. The third-order valence-corrected chi connectivity index (χ3v) is 3.52. The molecular weight excluding hydrogens is 305 g/mol. The van der Waals surface area contributed by atoms with Gasteiger partial charge >= 0.3 is 0 Å². The lowest BCUT2D eigenvalue weighted by Gasteiger charge is -2.20. The van der Waals surface area contributed by atoms with E-state index in [-0.39, 0.29) is 24.2 Å². The van der Waals surface area contributed by atoms with Crippen molar-refractivity contribution < 1.29 is 9.84 Å². The average Bonchev–Trinajstić information content (AvgIpc) is 2.30. The van der Waals surface area contributed by atoms with Crippen molar-refractivity contribution in [2.75, 3.05) is 7.11 Å². The smallest absolute Gasteiger partial charge is 0.172 e. The monoisotopic (exact) mass is 323 g/mol. The Balaban J connectivity index is 0.00000256. The summed E-state index contributed by atoms with van der Waals surface area (Å²) in [5.74, 6) is 0.951. The number of methoxy groups -OCH3 is 1. The molecule has 3 N–H and O–H groups in total. The third-order valence-electron chi connectivity index (χ3n) is 2.91. The highest BCUT2D eigenvalue weighted by Crippen LogP contribution is 2.37. The summed E-state index contributed by atoms with van der Waals surface area (Å²) in [7, 11) is 1.53. The molecule has 0 aliphatic carbocycles. The van der Waals surface area contributed by atoms with Crippen molar-refractivity contribution in [3.63, 3.8) is 0 Å². The zero-order valence-corrected chi connectivity index (χ0v) is 12.6. The summed E-state index contributed by atoms with van der Waals surface area (Å²) in [6.45, 7) is 4.22. The lowest BCUT2D eigenvalue weighted by molar-refractivity contribution is 0.369. The van der Waals surface area contributed by atoms with Crippen molar-refractivity contribution in [1.82, 2.24) is 0 Å². The second-order valence-electron chi connectivity index (χ2n) is 3.96. The maximum absolute atomic E-state index is 9.69. The first-order valence-corrected chi connectivity index (χ1v) is 6.12. The van der Waals surface area contributed by atoms with E-state index in [1.54, 1.807) is 6.07 Å². The van der Waals surface area contributed by atoms with Gasteiger partial charge in [0.05, 0.1) is 11.6 Å². The van der Waals surface area contributed by atoms with Crippen LogP contribution in [-0.4, -0.2) is 12.2 Å². The number of phenols is 1. The van der Waals surface area contributed by atoms with E-state index >= 15 is 0 Å². The number of rotatable bonds is 4. The van der Waals surface area contributed by atoms with Gasteiger partial charge in [-0.1, -0.05) is 20.3 Å². The standard InChI is InChI=1S/C12H18BrNO2.ClH/c1-4-7(2)11(14)8-5-9(13)12(15)10(6-8)16-3;/h5-7,11,15H,4,14H2,1-3H3;1H/t7?,11-;/m1./s1. The first kappa shape index (κ1) is 16.6. The van der Waals surface area contributed by atoms with E-state index < -0.39 is 0 Å². The molecule has 0 saturated carbocycles. The van der Waals surface area contributed by atoms with Crippen LogP contribution in [0.4, 0.5) is 0 Å². The second kappa shape index (κ2) is 7.09. The van der Waals surface area contributed by atoms with Crippen LogP contribution in [0.15, 0.2) is 16.6 Å². The highest BCUT2D eigenvalue weighted by Gasteiger charge is 2.17. The van der Waals surface area contributed by atoms with Gasteiger partial charge in [0.15, 0.2) is 11.5 Å². The molecule has 1 aromatic carbocycles. The average molecular weight is 325 g/mol. The molecule has 0 amide bonds. The zero-order valence-electron chi connectivity index (χ0n) is 10.2.